The van der Waals surface area contributed by atoms with Crippen LogP contribution >= 0.6 is 0 Å². The molecule has 1 N–H and O–H groups in total. The molecule has 2 fully saturated rings. The third kappa shape index (κ3) is 3.49. The van der Waals surface area contributed by atoms with Crippen LogP contribution < -0.4 is 5.32 Å². The summed E-state index contributed by atoms with van der Waals surface area (Å²) in [6, 6.07) is 12.9. The van der Waals surface area contributed by atoms with E-state index < -0.39 is 0 Å². The third-order valence-corrected chi connectivity index (χ3v) is 5.60. The van der Waals surface area contributed by atoms with Crippen LogP contribution in [0.1, 0.15) is 58.1 Å². The van der Waals surface area contributed by atoms with E-state index in [1.54, 1.807) is 0 Å². The summed E-state index contributed by atoms with van der Waals surface area (Å²) >= 11 is 0. The highest BCUT2D eigenvalue weighted by Gasteiger charge is 2.35. The largest absolute Gasteiger partial charge is 0.307 e. The SMILES string of the molecule is CC1CNC(c2ccccc2)CN1C1CCC(C)(C)CC1. The number of hydrogen-bond acceptors (Lipinski definition) is 2. The molecule has 0 amide bonds. The summed E-state index contributed by atoms with van der Waals surface area (Å²) < 4.78 is 0. The summed E-state index contributed by atoms with van der Waals surface area (Å²) in [5.41, 5.74) is 2.00. The molecule has 2 nitrogen and oxygen atoms in total. The Bertz CT molecular complexity index is 444. The lowest BCUT2D eigenvalue weighted by Gasteiger charge is -2.47. The van der Waals surface area contributed by atoms with Crippen molar-refractivity contribution in [3.63, 3.8) is 0 Å². The molecule has 1 aliphatic carbocycles. The van der Waals surface area contributed by atoms with Crippen LogP contribution in [0.15, 0.2) is 30.3 Å². The molecule has 2 heteroatoms. The number of hydrogen-bond donors (Lipinski definition) is 1. The fourth-order valence-corrected chi connectivity index (χ4v) is 4.02. The molecule has 21 heavy (non-hydrogen) atoms. The molecule has 116 valence electrons. The Hall–Kier alpha value is -0.860. The second-order valence-corrected chi connectivity index (χ2v) is 7.81. The lowest BCUT2D eigenvalue weighted by atomic mass is 9.75. The molecular formula is C19H30N2. The zero-order valence-corrected chi connectivity index (χ0v) is 13.8. The number of nitrogens with one attached hydrogen (secondary N) is 1. The van der Waals surface area contributed by atoms with Crippen LogP contribution in [0, 0.1) is 5.41 Å². The summed E-state index contributed by atoms with van der Waals surface area (Å²) in [4.78, 5) is 2.78. The van der Waals surface area contributed by atoms with Crippen LogP contribution in [0.2, 0.25) is 0 Å². The van der Waals surface area contributed by atoms with Crippen molar-refractivity contribution in [3.05, 3.63) is 35.9 Å². The van der Waals surface area contributed by atoms with E-state index in [-0.39, 0.29) is 0 Å². The molecule has 1 saturated heterocycles. The molecule has 1 aromatic carbocycles. The van der Waals surface area contributed by atoms with Crippen LogP contribution in [-0.2, 0) is 0 Å². The summed E-state index contributed by atoms with van der Waals surface area (Å²) in [7, 11) is 0. The minimum absolute atomic E-state index is 0.498. The molecule has 2 aliphatic rings. The molecule has 0 aromatic heterocycles. The zero-order chi connectivity index (χ0) is 14.9. The van der Waals surface area contributed by atoms with Crippen molar-refractivity contribution in [2.45, 2.75) is 64.6 Å². The molecule has 1 aromatic rings. The first-order valence-electron chi connectivity index (χ1n) is 8.59. The van der Waals surface area contributed by atoms with Crippen molar-refractivity contribution in [2.24, 2.45) is 5.41 Å². The molecule has 2 atom stereocenters. The normalized spacial score (nSPS) is 31.2. The van der Waals surface area contributed by atoms with Gasteiger partial charge in [0.1, 0.15) is 0 Å². The van der Waals surface area contributed by atoms with Crippen molar-refractivity contribution >= 4 is 0 Å². The Kier molecular flexibility index (Phi) is 4.37. The van der Waals surface area contributed by atoms with Gasteiger partial charge >= 0.3 is 0 Å². The Morgan fingerprint density at radius 3 is 2.43 bits per heavy atom. The summed E-state index contributed by atoms with van der Waals surface area (Å²) in [6.45, 7) is 9.51. The van der Waals surface area contributed by atoms with Crippen LogP contribution in [-0.4, -0.2) is 30.1 Å². The Morgan fingerprint density at radius 2 is 1.76 bits per heavy atom. The van der Waals surface area contributed by atoms with Crippen LogP contribution in [0.4, 0.5) is 0 Å². The topological polar surface area (TPSA) is 15.3 Å². The molecule has 1 heterocycles. The smallest absolute Gasteiger partial charge is 0.0450 e. The first-order chi connectivity index (χ1) is 10.1. The highest BCUT2D eigenvalue weighted by molar-refractivity contribution is 5.20. The van der Waals surface area contributed by atoms with Gasteiger partial charge in [0.25, 0.3) is 0 Å². The average molecular weight is 286 g/mol. The maximum absolute atomic E-state index is 3.73. The summed E-state index contributed by atoms with van der Waals surface area (Å²) in [5, 5.41) is 3.73. The second-order valence-electron chi connectivity index (χ2n) is 7.81. The van der Waals surface area contributed by atoms with Gasteiger partial charge in [-0.1, -0.05) is 44.2 Å². The highest BCUT2D eigenvalue weighted by Crippen LogP contribution is 2.38. The van der Waals surface area contributed by atoms with Crippen LogP contribution in [0.25, 0.3) is 0 Å². The minimum Gasteiger partial charge on any atom is -0.307 e. The molecule has 2 unspecified atom stereocenters. The monoisotopic (exact) mass is 286 g/mol. The number of rotatable bonds is 2. The van der Waals surface area contributed by atoms with E-state index in [0.29, 0.717) is 17.5 Å². The molecule has 0 radical (unpaired) electrons. The van der Waals surface area contributed by atoms with Gasteiger partial charge in [-0.05, 0) is 43.6 Å². The van der Waals surface area contributed by atoms with Crippen LogP contribution in [0.3, 0.4) is 0 Å². The van der Waals surface area contributed by atoms with Crippen molar-refractivity contribution in [3.8, 4) is 0 Å². The summed E-state index contributed by atoms with van der Waals surface area (Å²) in [6.07, 6.45) is 5.51. The molecule has 0 bridgehead atoms. The van der Waals surface area contributed by atoms with Crippen LogP contribution in [0.5, 0.6) is 0 Å². The maximum atomic E-state index is 3.73. The van der Waals surface area contributed by atoms with Gasteiger partial charge < -0.3 is 5.32 Å². The number of piperazine rings is 1. The van der Waals surface area contributed by atoms with E-state index in [9.17, 15) is 0 Å². The predicted octanol–water partition coefficient (Wildman–Crippen LogP) is 3.99. The number of nitrogens with zero attached hydrogens (tertiary/aromatic N) is 1. The lowest BCUT2D eigenvalue weighted by Crippen LogP contribution is -2.56. The lowest BCUT2D eigenvalue weighted by molar-refractivity contribution is 0.0465. The second kappa shape index (κ2) is 6.10. The van der Waals surface area contributed by atoms with E-state index in [1.165, 1.54) is 31.2 Å². The standard InChI is InChI=1S/C19H30N2/c1-15-13-20-18(16-7-5-4-6-8-16)14-21(15)17-9-11-19(2,3)12-10-17/h4-8,15,17-18,20H,9-14H2,1-3H3. The fourth-order valence-electron chi connectivity index (χ4n) is 4.02. The molecule has 0 spiro atoms. The zero-order valence-electron chi connectivity index (χ0n) is 13.8. The van der Waals surface area contributed by atoms with Gasteiger partial charge in [-0.2, -0.15) is 0 Å². The van der Waals surface area contributed by atoms with Gasteiger partial charge in [0, 0.05) is 31.2 Å². The molecule has 3 rings (SSSR count). The van der Waals surface area contributed by atoms with Crippen molar-refractivity contribution in [2.75, 3.05) is 13.1 Å². The van der Waals surface area contributed by atoms with Gasteiger partial charge in [0.15, 0.2) is 0 Å². The number of benzene rings is 1. The minimum atomic E-state index is 0.498. The van der Waals surface area contributed by atoms with E-state index >= 15 is 0 Å². The van der Waals surface area contributed by atoms with Crippen molar-refractivity contribution < 1.29 is 0 Å². The highest BCUT2D eigenvalue weighted by atomic mass is 15.3. The van der Waals surface area contributed by atoms with Crippen molar-refractivity contribution in [1.29, 1.82) is 0 Å². The predicted molar refractivity (Wildman–Crippen MR) is 89.4 cm³/mol. The van der Waals surface area contributed by atoms with E-state index in [2.05, 4.69) is 61.3 Å². The van der Waals surface area contributed by atoms with Crippen molar-refractivity contribution in [1.82, 2.24) is 10.2 Å². The van der Waals surface area contributed by atoms with E-state index in [0.717, 1.165) is 19.1 Å². The maximum Gasteiger partial charge on any atom is 0.0450 e. The Labute approximate surface area is 129 Å². The molecule has 1 aliphatic heterocycles. The van der Waals surface area contributed by atoms with Gasteiger partial charge in [-0.25, -0.2) is 0 Å². The molecular weight excluding hydrogens is 256 g/mol. The van der Waals surface area contributed by atoms with Gasteiger partial charge in [0.2, 0.25) is 0 Å². The summed E-state index contributed by atoms with van der Waals surface area (Å²) in [5.74, 6) is 0. The average Bonchev–Trinajstić information content (AvgIpc) is 2.49. The molecule has 1 saturated carbocycles. The first kappa shape index (κ1) is 15.1. The van der Waals surface area contributed by atoms with Gasteiger partial charge in [-0.15, -0.1) is 0 Å². The first-order valence-corrected chi connectivity index (χ1v) is 8.59. The quantitative estimate of drug-likeness (QED) is 0.884. The Balaban J connectivity index is 1.67. The van der Waals surface area contributed by atoms with Gasteiger partial charge in [0.05, 0.1) is 0 Å². The Morgan fingerprint density at radius 1 is 1.10 bits per heavy atom. The third-order valence-electron chi connectivity index (χ3n) is 5.60. The van der Waals surface area contributed by atoms with E-state index in [4.69, 9.17) is 0 Å². The van der Waals surface area contributed by atoms with Gasteiger partial charge in [-0.3, -0.25) is 4.90 Å². The fraction of sp³-hybridized carbons (Fsp3) is 0.684. The van der Waals surface area contributed by atoms with E-state index in [1.807, 2.05) is 0 Å².